The minimum Gasteiger partial charge on any atom is -0.286 e. The van der Waals surface area contributed by atoms with E-state index in [0.29, 0.717) is 17.9 Å². The lowest BCUT2D eigenvalue weighted by Gasteiger charge is -2.06. The maximum absolute atomic E-state index is 12.2. The SMILES string of the molecule is O=S(=O)(NCCc1nnc2ccccn12)c1cnc(Cl)c(Cl)c1. The number of aromatic nitrogens is 4. The lowest BCUT2D eigenvalue weighted by atomic mass is 10.4. The van der Waals surface area contributed by atoms with Gasteiger partial charge in [-0.1, -0.05) is 29.3 Å². The highest BCUT2D eigenvalue weighted by Gasteiger charge is 2.16. The number of nitrogens with one attached hydrogen (secondary N) is 1. The quantitative estimate of drug-likeness (QED) is 0.692. The molecule has 23 heavy (non-hydrogen) atoms. The largest absolute Gasteiger partial charge is 0.286 e. The van der Waals surface area contributed by atoms with Gasteiger partial charge >= 0.3 is 0 Å². The number of fused-ring (bicyclic) bond motifs is 1. The van der Waals surface area contributed by atoms with E-state index in [0.717, 1.165) is 6.20 Å². The zero-order valence-electron chi connectivity index (χ0n) is 11.6. The first-order valence-corrected chi connectivity index (χ1v) is 8.80. The van der Waals surface area contributed by atoms with E-state index >= 15 is 0 Å². The number of halogens is 2. The van der Waals surface area contributed by atoms with Gasteiger partial charge in [-0.3, -0.25) is 4.40 Å². The fraction of sp³-hybridized carbons (Fsp3) is 0.154. The average Bonchev–Trinajstić information content (AvgIpc) is 2.93. The molecule has 0 spiro atoms. The molecule has 0 bridgehead atoms. The molecule has 0 aliphatic carbocycles. The van der Waals surface area contributed by atoms with E-state index in [2.05, 4.69) is 19.9 Å². The molecule has 0 amide bonds. The summed E-state index contributed by atoms with van der Waals surface area (Å²) in [5.41, 5.74) is 0.707. The molecule has 10 heteroatoms. The van der Waals surface area contributed by atoms with Gasteiger partial charge in [-0.05, 0) is 18.2 Å². The summed E-state index contributed by atoms with van der Waals surface area (Å²) in [6, 6.07) is 6.78. The van der Waals surface area contributed by atoms with Gasteiger partial charge in [0.05, 0.1) is 5.02 Å². The first-order chi connectivity index (χ1) is 11.0. The van der Waals surface area contributed by atoms with Crippen molar-refractivity contribution in [1.29, 1.82) is 0 Å². The van der Waals surface area contributed by atoms with Crippen LogP contribution in [0.25, 0.3) is 5.65 Å². The van der Waals surface area contributed by atoms with Crippen LogP contribution in [0, 0.1) is 0 Å². The monoisotopic (exact) mass is 371 g/mol. The zero-order valence-corrected chi connectivity index (χ0v) is 14.0. The van der Waals surface area contributed by atoms with E-state index < -0.39 is 10.0 Å². The number of pyridine rings is 2. The highest BCUT2D eigenvalue weighted by molar-refractivity contribution is 7.89. The van der Waals surface area contributed by atoms with Crippen molar-refractivity contribution in [2.45, 2.75) is 11.3 Å². The normalized spacial score (nSPS) is 11.9. The van der Waals surface area contributed by atoms with Gasteiger partial charge in [0.15, 0.2) is 5.65 Å². The third-order valence-electron chi connectivity index (χ3n) is 3.11. The average molecular weight is 372 g/mol. The summed E-state index contributed by atoms with van der Waals surface area (Å²) >= 11 is 11.5. The van der Waals surface area contributed by atoms with Crippen molar-refractivity contribution in [2.24, 2.45) is 0 Å². The molecule has 0 unspecified atom stereocenters. The lowest BCUT2D eigenvalue weighted by molar-refractivity contribution is 0.580. The minimum absolute atomic E-state index is 0.0435. The van der Waals surface area contributed by atoms with Gasteiger partial charge in [-0.15, -0.1) is 10.2 Å². The third-order valence-corrected chi connectivity index (χ3v) is 5.22. The van der Waals surface area contributed by atoms with Crippen LogP contribution in [0.2, 0.25) is 10.2 Å². The molecular formula is C13H11Cl2N5O2S. The van der Waals surface area contributed by atoms with Crippen molar-refractivity contribution >= 4 is 38.9 Å². The molecule has 0 fully saturated rings. The summed E-state index contributed by atoms with van der Waals surface area (Å²) in [5, 5.41) is 8.18. The van der Waals surface area contributed by atoms with E-state index in [4.69, 9.17) is 23.2 Å². The van der Waals surface area contributed by atoms with Gasteiger partial charge < -0.3 is 0 Å². The fourth-order valence-electron chi connectivity index (χ4n) is 1.99. The molecule has 0 aliphatic rings. The number of sulfonamides is 1. The number of hydrogen-bond donors (Lipinski definition) is 1. The maximum Gasteiger partial charge on any atom is 0.242 e. The summed E-state index contributed by atoms with van der Waals surface area (Å²) in [5.74, 6) is 0.663. The van der Waals surface area contributed by atoms with Crippen molar-refractivity contribution in [1.82, 2.24) is 24.3 Å². The Morgan fingerprint density at radius 3 is 2.83 bits per heavy atom. The first kappa shape index (κ1) is 16.1. The molecule has 7 nitrogen and oxygen atoms in total. The van der Waals surface area contributed by atoms with Gasteiger partial charge in [0, 0.05) is 25.4 Å². The molecule has 0 radical (unpaired) electrons. The number of hydrogen-bond acceptors (Lipinski definition) is 5. The standard InChI is InChI=1S/C13H11Cl2N5O2S/c14-10-7-9(8-16-13(10)15)23(21,22)17-5-4-12-19-18-11-3-1-2-6-20(11)12/h1-3,6-8,17H,4-5H2. The predicted octanol–water partition coefficient (Wildman–Crippen LogP) is 1.95. The molecule has 1 N–H and O–H groups in total. The van der Waals surface area contributed by atoms with Gasteiger partial charge in [0.2, 0.25) is 10.0 Å². The van der Waals surface area contributed by atoms with Crippen molar-refractivity contribution in [2.75, 3.05) is 6.54 Å². The number of rotatable bonds is 5. The van der Waals surface area contributed by atoms with Crippen LogP contribution >= 0.6 is 23.2 Å². The molecule has 0 saturated carbocycles. The molecule has 3 aromatic heterocycles. The molecule has 120 valence electrons. The summed E-state index contributed by atoms with van der Waals surface area (Å²) in [4.78, 5) is 3.69. The second-order valence-corrected chi connectivity index (χ2v) is 7.17. The summed E-state index contributed by atoms with van der Waals surface area (Å²) in [7, 11) is -3.72. The van der Waals surface area contributed by atoms with E-state index in [1.165, 1.54) is 6.07 Å². The molecule has 3 rings (SSSR count). The van der Waals surface area contributed by atoms with Gasteiger partial charge in [-0.25, -0.2) is 18.1 Å². The highest BCUT2D eigenvalue weighted by atomic mass is 35.5. The molecule has 0 aliphatic heterocycles. The predicted molar refractivity (Wildman–Crippen MR) is 86.1 cm³/mol. The van der Waals surface area contributed by atoms with Crippen LogP contribution in [0.3, 0.4) is 0 Å². The maximum atomic E-state index is 12.2. The van der Waals surface area contributed by atoms with Gasteiger partial charge in [0.1, 0.15) is 15.9 Å². The van der Waals surface area contributed by atoms with Gasteiger partial charge in [-0.2, -0.15) is 0 Å². The van der Waals surface area contributed by atoms with Crippen molar-refractivity contribution in [3.63, 3.8) is 0 Å². The Bertz CT molecular complexity index is 958. The fourth-order valence-corrected chi connectivity index (χ4v) is 3.33. The van der Waals surface area contributed by atoms with Crippen LogP contribution in [-0.4, -0.2) is 34.5 Å². The smallest absolute Gasteiger partial charge is 0.242 e. The Morgan fingerprint density at radius 2 is 2.04 bits per heavy atom. The summed E-state index contributed by atoms with van der Waals surface area (Å²) < 4.78 is 28.7. The molecular weight excluding hydrogens is 361 g/mol. The third kappa shape index (κ3) is 3.45. The van der Waals surface area contributed by atoms with Crippen LogP contribution in [0.15, 0.2) is 41.6 Å². The van der Waals surface area contributed by atoms with Crippen molar-refractivity contribution < 1.29 is 8.42 Å². The van der Waals surface area contributed by atoms with Crippen LogP contribution in [0.5, 0.6) is 0 Å². The topological polar surface area (TPSA) is 89.2 Å². The Hall–Kier alpha value is -1.74. The zero-order chi connectivity index (χ0) is 16.4. The molecule has 3 aromatic rings. The summed E-state index contributed by atoms with van der Waals surface area (Å²) in [6.45, 7) is 0.165. The van der Waals surface area contributed by atoms with Crippen LogP contribution in [0.1, 0.15) is 5.82 Å². The molecule has 0 saturated heterocycles. The Morgan fingerprint density at radius 1 is 1.22 bits per heavy atom. The minimum atomic E-state index is -3.72. The van der Waals surface area contributed by atoms with Crippen molar-refractivity contribution in [3.05, 3.63) is 52.7 Å². The lowest BCUT2D eigenvalue weighted by Crippen LogP contribution is -2.26. The second kappa shape index (κ2) is 6.40. The summed E-state index contributed by atoms with van der Waals surface area (Å²) in [6.07, 6.45) is 3.37. The Labute approximate surface area is 142 Å². The second-order valence-electron chi connectivity index (χ2n) is 4.64. The van der Waals surface area contributed by atoms with Crippen LogP contribution in [-0.2, 0) is 16.4 Å². The van der Waals surface area contributed by atoms with E-state index in [1.54, 1.807) is 4.40 Å². The van der Waals surface area contributed by atoms with Crippen molar-refractivity contribution in [3.8, 4) is 0 Å². The first-order valence-electron chi connectivity index (χ1n) is 6.57. The van der Waals surface area contributed by atoms with E-state index in [1.807, 2.05) is 24.4 Å². The Kier molecular flexibility index (Phi) is 4.49. The molecule has 0 aromatic carbocycles. The van der Waals surface area contributed by atoms with Crippen LogP contribution in [0.4, 0.5) is 0 Å². The molecule has 3 heterocycles. The molecule has 0 atom stereocenters. The van der Waals surface area contributed by atoms with E-state index in [-0.39, 0.29) is 21.6 Å². The Balaban J connectivity index is 1.71. The highest BCUT2D eigenvalue weighted by Crippen LogP contribution is 2.21. The van der Waals surface area contributed by atoms with Crippen LogP contribution < -0.4 is 4.72 Å². The number of nitrogens with zero attached hydrogens (tertiary/aromatic N) is 4. The van der Waals surface area contributed by atoms with E-state index in [9.17, 15) is 8.42 Å². The van der Waals surface area contributed by atoms with Gasteiger partial charge in [0.25, 0.3) is 0 Å².